The number of ether oxygens (including phenoxy) is 1. The molecule has 1 amide bonds. The van der Waals surface area contributed by atoms with Gasteiger partial charge in [-0.05, 0) is 50.1 Å². The topological polar surface area (TPSA) is 127 Å². The summed E-state index contributed by atoms with van der Waals surface area (Å²) in [5.74, 6) is -0.462. The second-order valence-electron chi connectivity index (χ2n) is 8.31. The van der Waals surface area contributed by atoms with Gasteiger partial charge in [0, 0.05) is 0 Å². The van der Waals surface area contributed by atoms with E-state index in [2.05, 4.69) is 16.4 Å². The first-order chi connectivity index (χ1) is 16.1. The number of benzene rings is 1. The highest BCUT2D eigenvalue weighted by Gasteiger charge is 2.32. The van der Waals surface area contributed by atoms with Crippen LogP contribution in [0.1, 0.15) is 43.8 Å². The standard InChI is InChI=1S/C24H26N4O5S/c1-14(2)24(4,13-25)27-20(29)15(3)34-23-26-19-11-16(22(31)32-5)8-9-18(19)21(30)28(23)12-17-7-6-10-33-17/h6-11,14-15H,12H2,1-5H3,(H,27,29). The van der Waals surface area contributed by atoms with Crippen LogP contribution in [0.3, 0.4) is 0 Å². The largest absolute Gasteiger partial charge is 0.467 e. The fourth-order valence-electron chi connectivity index (χ4n) is 3.10. The molecule has 2 aromatic heterocycles. The summed E-state index contributed by atoms with van der Waals surface area (Å²) < 4.78 is 11.6. The zero-order chi connectivity index (χ0) is 25.0. The van der Waals surface area contributed by atoms with Crippen molar-refractivity contribution in [2.24, 2.45) is 5.92 Å². The van der Waals surface area contributed by atoms with Gasteiger partial charge in [0.2, 0.25) is 5.91 Å². The maximum Gasteiger partial charge on any atom is 0.337 e. The number of nitrogens with one attached hydrogen (secondary N) is 1. The van der Waals surface area contributed by atoms with Crippen LogP contribution in [-0.4, -0.2) is 39.3 Å². The van der Waals surface area contributed by atoms with Crippen LogP contribution in [-0.2, 0) is 16.1 Å². The van der Waals surface area contributed by atoms with Gasteiger partial charge >= 0.3 is 5.97 Å². The maximum atomic E-state index is 13.4. The third-order valence-electron chi connectivity index (χ3n) is 5.66. The molecule has 0 spiro atoms. The van der Waals surface area contributed by atoms with Crippen molar-refractivity contribution in [2.75, 3.05) is 7.11 Å². The van der Waals surface area contributed by atoms with E-state index in [1.165, 1.54) is 36.1 Å². The Morgan fingerprint density at radius 1 is 1.32 bits per heavy atom. The molecule has 0 saturated heterocycles. The fraction of sp³-hybridized carbons (Fsp3) is 0.375. The van der Waals surface area contributed by atoms with Crippen LogP contribution < -0.4 is 10.9 Å². The molecule has 1 N–H and O–H groups in total. The molecule has 3 rings (SSSR count). The predicted molar refractivity (Wildman–Crippen MR) is 127 cm³/mol. The van der Waals surface area contributed by atoms with Crippen LogP contribution in [0.2, 0.25) is 0 Å². The van der Waals surface area contributed by atoms with Crippen molar-refractivity contribution in [3.05, 3.63) is 58.3 Å². The van der Waals surface area contributed by atoms with Crippen molar-refractivity contribution in [3.63, 3.8) is 0 Å². The summed E-state index contributed by atoms with van der Waals surface area (Å²) in [7, 11) is 1.27. The third kappa shape index (κ3) is 5.15. The molecule has 2 atom stereocenters. The molecule has 0 aliphatic heterocycles. The van der Waals surface area contributed by atoms with E-state index in [9.17, 15) is 19.6 Å². The number of hydrogen-bond donors (Lipinski definition) is 1. The minimum atomic E-state index is -1.04. The van der Waals surface area contributed by atoms with E-state index in [0.717, 1.165) is 11.8 Å². The molecule has 0 bridgehead atoms. The summed E-state index contributed by atoms with van der Waals surface area (Å²) >= 11 is 1.08. The molecule has 2 heterocycles. The van der Waals surface area contributed by atoms with E-state index >= 15 is 0 Å². The molecule has 0 fully saturated rings. The first-order valence-corrected chi connectivity index (χ1v) is 11.5. The number of methoxy groups -OCH3 is 1. The molecule has 0 aliphatic rings. The van der Waals surface area contributed by atoms with Crippen LogP contribution in [0.25, 0.3) is 10.9 Å². The number of nitrogens with zero attached hydrogens (tertiary/aromatic N) is 3. The van der Waals surface area contributed by atoms with E-state index in [1.807, 2.05) is 13.8 Å². The molecule has 9 nitrogen and oxygen atoms in total. The zero-order valence-electron chi connectivity index (χ0n) is 19.6. The Bertz CT molecular complexity index is 1310. The number of carbonyl (C=O) groups is 2. The number of aromatic nitrogens is 2. The van der Waals surface area contributed by atoms with E-state index in [4.69, 9.17) is 9.15 Å². The van der Waals surface area contributed by atoms with Gasteiger partial charge < -0.3 is 14.5 Å². The Hall–Kier alpha value is -3.58. The number of furan rings is 1. The number of thioether (sulfide) groups is 1. The molecular formula is C24H26N4O5S. The lowest BCUT2D eigenvalue weighted by atomic mass is 9.90. The molecule has 0 aliphatic carbocycles. The van der Waals surface area contributed by atoms with Crippen molar-refractivity contribution in [1.82, 2.24) is 14.9 Å². The summed E-state index contributed by atoms with van der Waals surface area (Å²) in [6.07, 6.45) is 1.51. The van der Waals surface area contributed by atoms with Crippen LogP contribution >= 0.6 is 11.8 Å². The summed E-state index contributed by atoms with van der Waals surface area (Å²) in [5, 5.41) is 12.3. The van der Waals surface area contributed by atoms with E-state index < -0.39 is 16.8 Å². The van der Waals surface area contributed by atoms with Gasteiger partial charge in [0.1, 0.15) is 11.3 Å². The van der Waals surface area contributed by atoms with E-state index in [0.29, 0.717) is 16.7 Å². The average molecular weight is 483 g/mol. The lowest BCUT2D eigenvalue weighted by Crippen LogP contribution is -2.51. The molecule has 178 valence electrons. The highest BCUT2D eigenvalue weighted by Crippen LogP contribution is 2.25. The lowest BCUT2D eigenvalue weighted by Gasteiger charge is -2.28. The number of carbonyl (C=O) groups excluding carboxylic acids is 2. The van der Waals surface area contributed by atoms with E-state index in [1.54, 1.807) is 26.0 Å². The number of fused-ring (bicyclic) bond motifs is 1. The van der Waals surface area contributed by atoms with Crippen LogP contribution in [0.15, 0.2) is 51.0 Å². The average Bonchev–Trinajstić information content (AvgIpc) is 3.33. The molecule has 2 unspecified atom stereocenters. The third-order valence-corrected chi connectivity index (χ3v) is 6.75. The number of hydrogen-bond acceptors (Lipinski definition) is 8. The van der Waals surface area contributed by atoms with Crippen molar-refractivity contribution >= 4 is 34.5 Å². The maximum absolute atomic E-state index is 13.4. The SMILES string of the molecule is COC(=O)c1ccc2c(=O)n(Cc3ccco3)c(SC(C)C(=O)NC(C)(C#N)C(C)C)nc2c1. The molecule has 10 heteroatoms. The molecule has 0 radical (unpaired) electrons. The number of esters is 1. The Morgan fingerprint density at radius 2 is 2.06 bits per heavy atom. The number of rotatable bonds is 8. The first-order valence-electron chi connectivity index (χ1n) is 10.6. The summed E-state index contributed by atoms with van der Waals surface area (Å²) in [6.45, 7) is 7.17. The van der Waals surface area contributed by atoms with Gasteiger partial charge in [-0.3, -0.25) is 14.2 Å². The fourth-order valence-corrected chi connectivity index (χ4v) is 4.01. The molecule has 0 saturated carbocycles. The van der Waals surface area contributed by atoms with Gasteiger partial charge in [0.25, 0.3) is 5.56 Å². The van der Waals surface area contributed by atoms with Crippen LogP contribution in [0.4, 0.5) is 0 Å². The second-order valence-corrected chi connectivity index (χ2v) is 9.61. The Balaban J connectivity index is 2.04. The predicted octanol–water partition coefficient (Wildman–Crippen LogP) is 3.36. The molecular weight excluding hydrogens is 456 g/mol. The Morgan fingerprint density at radius 3 is 2.65 bits per heavy atom. The monoisotopic (exact) mass is 482 g/mol. The molecule has 34 heavy (non-hydrogen) atoms. The van der Waals surface area contributed by atoms with Gasteiger partial charge in [-0.25, -0.2) is 9.78 Å². The van der Waals surface area contributed by atoms with E-state index in [-0.39, 0.29) is 34.6 Å². The van der Waals surface area contributed by atoms with Gasteiger partial charge in [-0.1, -0.05) is 25.6 Å². The second kappa shape index (κ2) is 10.1. The quantitative estimate of drug-likeness (QED) is 0.294. The Labute approximate surface area is 201 Å². The first kappa shape index (κ1) is 25.1. The van der Waals surface area contributed by atoms with Crippen molar-refractivity contribution in [2.45, 2.75) is 50.2 Å². The van der Waals surface area contributed by atoms with Crippen molar-refractivity contribution in [1.29, 1.82) is 5.26 Å². The summed E-state index contributed by atoms with van der Waals surface area (Å²) in [4.78, 5) is 42.8. The molecule has 1 aromatic carbocycles. The zero-order valence-corrected chi connectivity index (χ0v) is 20.4. The van der Waals surface area contributed by atoms with Gasteiger partial charge in [-0.2, -0.15) is 5.26 Å². The lowest BCUT2D eigenvalue weighted by molar-refractivity contribution is -0.121. The van der Waals surface area contributed by atoms with Gasteiger partial charge in [0.05, 0.1) is 47.7 Å². The molecule has 3 aromatic rings. The highest BCUT2D eigenvalue weighted by atomic mass is 32.2. The van der Waals surface area contributed by atoms with Crippen molar-refractivity contribution in [3.8, 4) is 6.07 Å². The minimum Gasteiger partial charge on any atom is -0.467 e. The van der Waals surface area contributed by atoms with Crippen LogP contribution in [0, 0.1) is 17.2 Å². The minimum absolute atomic E-state index is 0.105. The van der Waals surface area contributed by atoms with Gasteiger partial charge in [-0.15, -0.1) is 0 Å². The van der Waals surface area contributed by atoms with Crippen LogP contribution in [0.5, 0.6) is 0 Å². The summed E-state index contributed by atoms with van der Waals surface area (Å²) in [6, 6.07) is 10.1. The van der Waals surface area contributed by atoms with Gasteiger partial charge in [0.15, 0.2) is 5.16 Å². The van der Waals surface area contributed by atoms with Crippen molar-refractivity contribution < 1.29 is 18.7 Å². The highest BCUT2D eigenvalue weighted by molar-refractivity contribution is 8.00. The summed E-state index contributed by atoms with van der Waals surface area (Å²) in [5.41, 5.74) is -0.805. The smallest absolute Gasteiger partial charge is 0.337 e. The number of nitriles is 1. The number of amides is 1. The normalized spacial score (nSPS) is 13.8. The Kier molecular flexibility index (Phi) is 7.47.